The van der Waals surface area contributed by atoms with Crippen LogP contribution in [0.5, 0.6) is 0 Å². The molecule has 0 N–H and O–H groups in total. The van der Waals surface area contributed by atoms with Gasteiger partial charge in [-0.05, 0) is 56.4 Å². The van der Waals surface area contributed by atoms with Crippen molar-refractivity contribution in [3.63, 3.8) is 0 Å². The van der Waals surface area contributed by atoms with E-state index in [2.05, 4.69) is 15.9 Å². The highest BCUT2D eigenvalue weighted by Crippen LogP contribution is 2.34. The van der Waals surface area contributed by atoms with Crippen molar-refractivity contribution in [2.45, 2.75) is 55.3 Å². The van der Waals surface area contributed by atoms with Crippen molar-refractivity contribution in [2.75, 3.05) is 0 Å². The Hall–Kier alpha value is -0.430. The van der Waals surface area contributed by atoms with Crippen molar-refractivity contribution < 1.29 is 17.3 Å². The largest absolute Gasteiger partial charge is 0.372 e. The maximum atomic E-state index is 12.3. The minimum absolute atomic E-state index is 0.0762. The van der Waals surface area contributed by atoms with Crippen LogP contribution in [0.3, 0.4) is 0 Å². The highest BCUT2D eigenvalue weighted by molar-refractivity contribution is 9.10. The van der Waals surface area contributed by atoms with Gasteiger partial charge >= 0.3 is 0 Å². The van der Waals surface area contributed by atoms with Crippen molar-refractivity contribution in [2.24, 2.45) is 0 Å². The Labute approximate surface area is 127 Å². The van der Waals surface area contributed by atoms with E-state index in [1.807, 2.05) is 0 Å². The Balaban J connectivity index is 1.77. The lowest BCUT2D eigenvalue weighted by Gasteiger charge is -2.21. The van der Waals surface area contributed by atoms with Crippen LogP contribution in [0.1, 0.15) is 32.1 Å². The van der Waals surface area contributed by atoms with Gasteiger partial charge in [0, 0.05) is 4.47 Å². The summed E-state index contributed by atoms with van der Waals surface area (Å²) in [5.74, 6) is 0. The minimum Gasteiger partial charge on any atom is -0.372 e. The molecule has 2 fully saturated rings. The van der Waals surface area contributed by atoms with Crippen LogP contribution in [0, 0.1) is 0 Å². The van der Waals surface area contributed by atoms with Gasteiger partial charge in [-0.1, -0.05) is 15.9 Å². The van der Waals surface area contributed by atoms with Gasteiger partial charge in [-0.15, -0.1) is 0 Å². The zero-order valence-electron chi connectivity index (χ0n) is 11.0. The maximum absolute atomic E-state index is 12.3. The Kier molecular flexibility index (Phi) is 4.17. The molecule has 6 heteroatoms. The summed E-state index contributed by atoms with van der Waals surface area (Å²) >= 11 is 3.29. The van der Waals surface area contributed by atoms with E-state index < -0.39 is 10.1 Å². The van der Waals surface area contributed by atoms with Crippen LogP contribution in [0.2, 0.25) is 0 Å². The summed E-state index contributed by atoms with van der Waals surface area (Å²) in [6, 6.07) is 6.50. The van der Waals surface area contributed by atoms with Crippen molar-refractivity contribution in [1.82, 2.24) is 0 Å². The number of halogens is 1. The molecule has 2 aliphatic rings. The summed E-state index contributed by atoms with van der Waals surface area (Å²) in [7, 11) is -3.72. The number of fused-ring (bicyclic) bond motifs is 2. The van der Waals surface area contributed by atoms with Crippen molar-refractivity contribution in [1.29, 1.82) is 0 Å². The third kappa shape index (κ3) is 3.08. The van der Waals surface area contributed by atoms with Gasteiger partial charge in [0.2, 0.25) is 0 Å². The van der Waals surface area contributed by atoms with Crippen molar-refractivity contribution in [3.8, 4) is 0 Å². The predicted molar refractivity (Wildman–Crippen MR) is 77.9 cm³/mol. The molecule has 1 aromatic carbocycles. The van der Waals surface area contributed by atoms with E-state index in [-0.39, 0.29) is 17.1 Å². The Bertz CT molecular complexity index is 569. The van der Waals surface area contributed by atoms with Crippen LogP contribution in [-0.4, -0.2) is 26.7 Å². The van der Waals surface area contributed by atoms with E-state index in [4.69, 9.17) is 8.92 Å². The predicted octanol–water partition coefficient (Wildman–Crippen LogP) is 3.25. The van der Waals surface area contributed by atoms with Gasteiger partial charge in [0.25, 0.3) is 10.1 Å². The monoisotopic (exact) mass is 360 g/mol. The van der Waals surface area contributed by atoms with Gasteiger partial charge < -0.3 is 4.74 Å². The van der Waals surface area contributed by atoms with E-state index in [1.54, 1.807) is 24.3 Å². The zero-order valence-corrected chi connectivity index (χ0v) is 13.4. The molecule has 2 aliphatic heterocycles. The highest BCUT2D eigenvalue weighted by atomic mass is 79.9. The molecule has 0 amide bonds. The molecule has 2 heterocycles. The number of hydrogen-bond acceptors (Lipinski definition) is 4. The number of ether oxygens (including phenoxy) is 1. The molecule has 0 radical (unpaired) electrons. The Morgan fingerprint density at radius 2 is 1.85 bits per heavy atom. The molecule has 2 saturated heterocycles. The molecule has 0 aromatic heterocycles. The summed E-state index contributed by atoms with van der Waals surface area (Å²) < 4.78 is 36.7. The summed E-state index contributed by atoms with van der Waals surface area (Å²) in [5.41, 5.74) is 0. The van der Waals surface area contributed by atoms with E-state index >= 15 is 0 Å². The first-order valence-corrected chi connectivity index (χ1v) is 9.09. The van der Waals surface area contributed by atoms with Gasteiger partial charge in [0.15, 0.2) is 0 Å². The topological polar surface area (TPSA) is 52.6 Å². The average Bonchev–Trinajstić information content (AvgIpc) is 2.77. The van der Waals surface area contributed by atoms with Gasteiger partial charge in [0.05, 0.1) is 17.1 Å². The highest BCUT2D eigenvalue weighted by Gasteiger charge is 2.37. The van der Waals surface area contributed by atoms with Crippen LogP contribution >= 0.6 is 15.9 Å². The van der Waals surface area contributed by atoms with Gasteiger partial charge in [-0.3, -0.25) is 4.18 Å². The fourth-order valence-corrected chi connectivity index (χ4v) is 4.27. The first-order chi connectivity index (χ1) is 9.54. The first-order valence-electron chi connectivity index (χ1n) is 6.89. The SMILES string of the molecule is O=S(=O)(O[C@H]1CCC[C@@H]2CC[C@@H]1O2)c1ccc(Br)cc1. The fraction of sp³-hybridized carbons (Fsp3) is 0.571. The fourth-order valence-electron chi connectivity index (χ4n) is 2.88. The standard InChI is InChI=1S/C14H17BrO4S/c15-10-4-7-12(8-5-10)20(16,17)19-14-3-1-2-11-6-9-13(14)18-11/h4-5,7-8,11,13-14H,1-3,6,9H2/t11-,13+,14+/m1/s1. The Morgan fingerprint density at radius 1 is 1.10 bits per heavy atom. The number of benzene rings is 1. The second-order valence-electron chi connectivity index (χ2n) is 5.35. The summed E-state index contributed by atoms with van der Waals surface area (Å²) in [6.07, 6.45) is 4.49. The zero-order chi connectivity index (χ0) is 14.2. The molecule has 3 atom stereocenters. The summed E-state index contributed by atoms with van der Waals surface area (Å²) in [5, 5.41) is 0. The second-order valence-corrected chi connectivity index (χ2v) is 7.84. The third-order valence-electron chi connectivity index (χ3n) is 3.92. The molecule has 20 heavy (non-hydrogen) atoms. The minimum atomic E-state index is -3.72. The number of hydrogen-bond donors (Lipinski definition) is 0. The van der Waals surface area contributed by atoms with Crippen molar-refractivity contribution >= 4 is 26.0 Å². The van der Waals surface area contributed by atoms with Crippen LogP contribution in [0.15, 0.2) is 33.6 Å². The van der Waals surface area contributed by atoms with E-state index in [0.29, 0.717) is 6.10 Å². The molecule has 3 rings (SSSR count). The molecule has 110 valence electrons. The lowest BCUT2D eigenvalue weighted by molar-refractivity contribution is -0.00783. The van der Waals surface area contributed by atoms with Crippen LogP contribution in [0.4, 0.5) is 0 Å². The third-order valence-corrected chi connectivity index (χ3v) is 5.80. The van der Waals surface area contributed by atoms with E-state index in [0.717, 1.165) is 36.6 Å². The van der Waals surface area contributed by atoms with E-state index in [1.165, 1.54) is 0 Å². The summed E-state index contributed by atoms with van der Waals surface area (Å²) in [6.45, 7) is 0. The smallest absolute Gasteiger partial charge is 0.297 e. The lowest BCUT2D eigenvalue weighted by Crippen LogP contribution is -2.30. The molecule has 4 nitrogen and oxygen atoms in total. The van der Waals surface area contributed by atoms with E-state index in [9.17, 15) is 8.42 Å². The average molecular weight is 361 g/mol. The van der Waals surface area contributed by atoms with Gasteiger partial charge in [-0.2, -0.15) is 8.42 Å². The van der Waals surface area contributed by atoms with Crippen molar-refractivity contribution in [3.05, 3.63) is 28.7 Å². The quantitative estimate of drug-likeness (QED) is 0.776. The Morgan fingerprint density at radius 3 is 2.60 bits per heavy atom. The van der Waals surface area contributed by atoms with Crippen LogP contribution < -0.4 is 0 Å². The molecular formula is C14H17BrO4S. The molecule has 0 aliphatic carbocycles. The number of rotatable bonds is 3. The second kappa shape index (κ2) is 5.75. The molecule has 2 bridgehead atoms. The molecule has 1 aromatic rings. The van der Waals surface area contributed by atoms with Gasteiger partial charge in [-0.25, -0.2) is 0 Å². The lowest BCUT2D eigenvalue weighted by atomic mass is 9.99. The van der Waals surface area contributed by atoms with Crippen LogP contribution in [0.25, 0.3) is 0 Å². The maximum Gasteiger partial charge on any atom is 0.297 e. The molecule has 0 unspecified atom stereocenters. The first kappa shape index (κ1) is 14.5. The van der Waals surface area contributed by atoms with Crippen LogP contribution in [-0.2, 0) is 19.0 Å². The normalized spacial score (nSPS) is 30.1. The summed E-state index contributed by atoms with van der Waals surface area (Å²) in [4.78, 5) is 0.194. The molecule has 0 saturated carbocycles. The molecular weight excluding hydrogens is 344 g/mol. The molecule has 0 spiro atoms. The van der Waals surface area contributed by atoms with Gasteiger partial charge in [0.1, 0.15) is 6.10 Å².